The number of carbonyl (C=O) groups is 1. The van der Waals surface area contributed by atoms with E-state index in [0.29, 0.717) is 42.4 Å². The van der Waals surface area contributed by atoms with Crippen LogP contribution in [0.4, 0.5) is 14.6 Å². The third-order valence-corrected chi connectivity index (χ3v) is 9.57. The van der Waals surface area contributed by atoms with E-state index in [9.17, 15) is 4.79 Å². The molecule has 0 saturated carbocycles. The summed E-state index contributed by atoms with van der Waals surface area (Å²) in [6, 6.07) is 11.4. The van der Waals surface area contributed by atoms with Crippen molar-refractivity contribution in [3.63, 3.8) is 0 Å². The van der Waals surface area contributed by atoms with Gasteiger partial charge in [0.2, 0.25) is 5.91 Å². The Hall–Kier alpha value is -4.05. The molecule has 1 fully saturated rings. The molecular formula is C34H38F2N6O2. The third kappa shape index (κ3) is 5.29. The normalized spacial score (nSPS) is 20.4. The number of pyridine rings is 2. The summed E-state index contributed by atoms with van der Waals surface area (Å²) >= 11 is 0. The summed E-state index contributed by atoms with van der Waals surface area (Å²) in [6.45, 7) is 6.76. The van der Waals surface area contributed by atoms with Crippen LogP contribution in [0.3, 0.4) is 0 Å². The average Bonchev–Trinajstić information content (AvgIpc) is 3.40. The molecule has 1 saturated heterocycles. The molecule has 3 aromatic heterocycles. The fraction of sp³-hybridized carbons (Fsp3) is 0.441. The van der Waals surface area contributed by atoms with E-state index in [-0.39, 0.29) is 36.4 Å². The van der Waals surface area contributed by atoms with Crippen molar-refractivity contribution < 1.29 is 18.3 Å². The Morgan fingerprint density at radius 1 is 1.09 bits per heavy atom. The van der Waals surface area contributed by atoms with Crippen LogP contribution >= 0.6 is 0 Å². The van der Waals surface area contributed by atoms with Gasteiger partial charge in [0.1, 0.15) is 23.0 Å². The first-order chi connectivity index (χ1) is 21.2. The average molecular weight is 601 g/mol. The maximum atomic E-state index is 15.2. The van der Waals surface area contributed by atoms with Crippen molar-refractivity contribution in [2.75, 3.05) is 38.1 Å². The molecule has 1 amide bonds. The topological polar surface area (TPSA) is 77.6 Å². The SMILES string of the molecule is Cc1cc2c(Oc3ccc4c(c3)[C@H](C)N(C(=O)Cc3cnc5c(c3)C(F)(F)CCN5C3CCN(C)CC3)CC4)ccnc2[nH]1. The maximum absolute atomic E-state index is 15.2. The summed E-state index contributed by atoms with van der Waals surface area (Å²) in [5.74, 6) is -1.29. The number of piperidine rings is 1. The van der Waals surface area contributed by atoms with Crippen molar-refractivity contribution in [1.29, 1.82) is 0 Å². The number of carbonyl (C=O) groups excluding carboxylic acids is 1. The Balaban J connectivity index is 1.09. The zero-order valence-corrected chi connectivity index (χ0v) is 25.4. The fourth-order valence-corrected chi connectivity index (χ4v) is 7.08. The number of hydrogen-bond acceptors (Lipinski definition) is 6. The molecule has 1 aromatic carbocycles. The number of hydrogen-bond donors (Lipinski definition) is 1. The minimum Gasteiger partial charge on any atom is -0.457 e. The number of fused-ring (bicyclic) bond motifs is 3. The molecule has 0 unspecified atom stereocenters. The van der Waals surface area contributed by atoms with Crippen LogP contribution in [0.5, 0.6) is 11.5 Å². The van der Waals surface area contributed by atoms with E-state index in [0.717, 1.165) is 48.2 Å². The molecule has 6 heterocycles. The molecular weight excluding hydrogens is 562 g/mol. The monoisotopic (exact) mass is 600 g/mol. The number of likely N-dealkylation sites (tertiary alicyclic amines) is 1. The van der Waals surface area contributed by atoms with Crippen LogP contribution in [-0.4, -0.2) is 69.9 Å². The van der Waals surface area contributed by atoms with Gasteiger partial charge >= 0.3 is 0 Å². The van der Waals surface area contributed by atoms with Crippen molar-refractivity contribution in [1.82, 2.24) is 24.8 Å². The van der Waals surface area contributed by atoms with E-state index in [1.54, 1.807) is 12.4 Å². The van der Waals surface area contributed by atoms with Crippen LogP contribution in [0.25, 0.3) is 11.0 Å². The number of aryl methyl sites for hydroxylation is 1. The highest BCUT2D eigenvalue weighted by Crippen LogP contribution is 2.43. The minimum absolute atomic E-state index is 0.0300. The lowest BCUT2D eigenvalue weighted by Crippen LogP contribution is -2.48. The van der Waals surface area contributed by atoms with E-state index in [4.69, 9.17) is 4.74 Å². The van der Waals surface area contributed by atoms with E-state index in [1.165, 1.54) is 11.6 Å². The molecule has 0 aliphatic carbocycles. The van der Waals surface area contributed by atoms with Crippen LogP contribution in [0, 0.1) is 6.92 Å². The van der Waals surface area contributed by atoms with Crippen LogP contribution in [0.2, 0.25) is 0 Å². The molecule has 0 radical (unpaired) electrons. The molecule has 44 heavy (non-hydrogen) atoms. The maximum Gasteiger partial charge on any atom is 0.278 e. The third-order valence-electron chi connectivity index (χ3n) is 9.57. The van der Waals surface area contributed by atoms with E-state index in [1.807, 2.05) is 43.0 Å². The highest BCUT2D eigenvalue weighted by atomic mass is 19.3. The first-order valence-electron chi connectivity index (χ1n) is 15.5. The minimum atomic E-state index is -2.96. The summed E-state index contributed by atoms with van der Waals surface area (Å²) in [5.41, 5.74) is 4.46. The number of nitrogens with one attached hydrogen (secondary N) is 1. The highest BCUT2D eigenvalue weighted by Gasteiger charge is 2.43. The number of amides is 1. The molecule has 3 aliphatic heterocycles. The van der Waals surface area contributed by atoms with Gasteiger partial charge in [0.15, 0.2) is 0 Å². The van der Waals surface area contributed by atoms with Crippen molar-refractivity contribution in [3.05, 3.63) is 76.7 Å². The molecule has 0 bridgehead atoms. The number of benzene rings is 1. The van der Waals surface area contributed by atoms with Crippen molar-refractivity contribution in [2.45, 2.75) is 64.0 Å². The first kappa shape index (κ1) is 28.7. The standard InChI is InChI=1S/C34H38F2N6O2/c1-21-16-28-30(6-11-37-32(28)39-21)44-26-5-4-24-7-14-41(22(2)27(24)19-26)31(43)18-23-17-29-33(38-20-23)42(15-10-34(29,35)36)25-8-12-40(3)13-9-25/h4-6,11,16-17,19-20,22,25H,7-10,12-15,18H2,1-3H3,(H,37,39)/t22-/m0/s1. The molecule has 230 valence electrons. The number of aromatic nitrogens is 3. The lowest BCUT2D eigenvalue weighted by molar-refractivity contribution is -0.133. The smallest absolute Gasteiger partial charge is 0.278 e. The molecule has 4 aromatic rings. The lowest BCUT2D eigenvalue weighted by atomic mass is 9.92. The van der Waals surface area contributed by atoms with Gasteiger partial charge < -0.3 is 24.4 Å². The molecule has 1 N–H and O–H groups in total. The molecule has 10 heteroatoms. The van der Waals surface area contributed by atoms with Gasteiger partial charge in [-0.1, -0.05) is 6.07 Å². The Morgan fingerprint density at radius 2 is 1.91 bits per heavy atom. The zero-order valence-electron chi connectivity index (χ0n) is 25.4. The number of ether oxygens (including phenoxy) is 1. The number of nitrogens with zero attached hydrogens (tertiary/aromatic N) is 5. The van der Waals surface area contributed by atoms with E-state index >= 15 is 8.78 Å². The van der Waals surface area contributed by atoms with Crippen LogP contribution < -0.4 is 9.64 Å². The van der Waals surface area contributed by atoms with Crippen molar-refractivity contribution in [3.8, 4) is 11.5 Å². The van der Waals surface area contributed by atoms with Gasteiger partial charge in [0, 0.05) is 43.6 Å². The molecule has 8 nitrogen and oxygen atoms in total. The second kappa shape index (κ2) is 11.1. The van der Waals surface area contributed by atoms with Crippen molar-refractivity contribution in [2.24, 2.45) is 0 Å². The molecule has 1 atom stereocenters. The van der Waals surface area contributed by atoms with Gasteiger partial charge in [-0.25, -0.2) is 18.7 Å². The fourth-order valence-electron chi connectivity index (χ4n) is 7.08. The number of alkyl halides is 2. The van der Waals surface area contributed by atoms with Gasteiger partial charge in [-0.2, -0.15) is 0 Å². The summed E-state index contributed by atoms with van der Waals surface area (Å²) in [6.07, 6.45) is 5.72. The van der Waals surface area contributed by atoms with Gasteiger partial charge in [0.05, 0.1) is 23.4 Å². The van der Waals surface area contributed by atoms with E-state index < -0.39 is 5.92 Å². The summed E-state index contributed by atoms with van der Waals surface area (Å²) in [7, 11) is 2.09. The second-order valence-corrected chi connectivity index (χ2v) is 12.6. The first-order valence-corrected chi connectivity index (χ1v) is 15.5. The van der Waals surface area contributed by atoms with Gasteiger partial charge in [-0.15, -0.1) is 0 Å². The van der Waals surface area contributed by atoms with E-state index in [2.05, 4.69) is 37.9 Å². The predicted octanol–water partition coefficient (Wildman–Crippen LogP) is 6.14. The molecule has 7 rings (SSSR count). The number of aromatic amines is 1. The number of H-pyrrole nitrogens is 1. The van der Waals surface area contributed by atoms with Gasteiger partial charge in [-0.3, -0.25) is 4.79 Å². The lowest BCUT2D eigenvalue weighted by Gasteiger charge is -2.42. The van der Waals surface area contributed by atoms with Crippen molar-refractivity contribution >= 4 is 22.8 Å². The molecule has 3 aliphatic rings. The second-order valence-electron chi connectivity index (χ2n) is 12.6. The molecule has 0 spiro atoms. The number of anilines is 1. The highest BCUT2D eigenvalue weighted by molar-refractivity contribution is 5.83. The Morgan fingerprint density at radius 3 is 2.73 bits per heavy atom. The predicted molar refractivity (Wildman–Crippen MR) is 165 cm³/mol. The van der Waals surface area contributed by atoms with Gasteiger partial charge in [0.25, 0.3) is 5.92 Å². The number of halogens is 2. The summed E-state index contributed by atoms with van der Waals surface area (Å²) < 4.78 is 36.7. The zero-order chi connectivity index (χ0) is 30.6. The summed E-state index contributed by atoms with van der Waals surface area (Å²) in [4.78, 5) is 32.0. The van der Waals surface area contributed by atoms with Crippen LogP contribution in [0.15, 0.2) is 48.8 Å². The Bertz CT molecular complexity index is 1710. The quantitative estimate of drug-likeness (QED) is 0.297. The Kier molecular flexibility index (Phi) is 7.27. The van der Waals surface area contributed by atoms with Crippen LogP contribution in [-0.2, 0) is 23.6 Å². The summed E-state index contributed by atoms with van der Waals surface area (Å²) in [5, 5.41) is 0.909. The van der Waals surface area contributed by atoms with Crippen LogP contribution in [0.1, 0.15) is 60.2 Å². The number of rotatable bonds is 5. The Labute approximate surface area is 256 Å². The van der Waals surface area contributed by atoms with Gasteiger partial charge in [-0.05, 0) is 100 Å². The largest absolute Gasteiger partial charge is 0.457 e.